The smallest absolute Gasteiger partial charge is 0.272 e. The minimum atomic E-state index is -2.53. The molecule has 2 aromatic rings. The average Bonchev–Trinajstić information content (AvgIpc) is 2.75. The highest BCUT2D eigenvalue weighted by atomic mass is 19.3. The van der Waals surface area contributed by atoms with Gasteiger partial charge in [0.25, 0.3) is 5.92 Å². The number of rotatable bonds is 8. The van der Waals surface area contributed by atoms with E-state index in [2.05, 4.69) is 35.8 Å². The second-order valence-corrected chi connectivity index (χ2v) is 9.66. The second kappa shape index (κ2) is 9.97. The molecule has 2 aliphatic rings. The van der Waals surface area contributed by atoms with E-state index in [1.165, 1.54) is 5.56 Å². The topological polar surface area (TPSA) is 47.0 Å². The first-order chi connectivity index (χ1) is 15.7. The molecule has 2 aliphatic heterocycles. The summed E-state index contributed by atoms with van der Waals surface area (Å²) < 4.78 is 26.2. The lowest BCUT2D eigenvalue weighted by Crippen LogP contribution is -2.55. The molecular weight excluding hydrogens is 424 g/mol. The standard InChI is InChI=1S/C26H33F2N3O2/c1-19-11-29(13-21-6-8-24(9-7-21)25(33)16-32)12-20(2)31(19)15-23-5-3-4-22(10-23)14-30-17-26(27,28)18-30/h3-10,19-20,32H,11-18H2,1-2H3/t19-,20+. The van der Waals surface area contributed by atoms with E-state index in [9.17, 15) is 13.6 Å². The zero-order chi connectivity index (χ0) is 23.6. The fourth-order valence-electron chi connectivity index (χ4n) is 5.07. The summed E-state index contributed by atoms with van der Waals surface area (Å²) in [5, 5.41) is 9.00. The highest BCUT2D eigenvalue weighted by molar-refractivity contribution is 5.96. The van der Waals surface area contributed by atoms with E-state index in [0.29, 0.717) is 24.2 Å². The lowest BCUT2D eigenvalue weighted by molar-refractivity contribution is -0.133. The molecule has 2 fully saturated rings. The molecule has 0 amide bonds. The number of carbonyl (C=O) groups is 1. The highest BCUT2D eigenvalue weighted by Crippen LogP contribution is 2.28. The molecule has 7 heteroatoms. The Morgan fingerprint density at radius 1 is 0.909 bits per heavy atom. The van der Waals surface area contributed by atoms with E-state index in [1.54, 1.807) is 17.0 Å². The van der Waals surface area contributed by atoms with Crippen molar-refractivity contribution in [3.8, 4) is 0 Å². The number of hydrogen-bond acceptors (Lipinski definition) is 5. The lowest BCUT2D eigenvalue weighted by Gasteiger charge is -2.44. The van der Waals surface area contributed by atoms with Gasteiger partial charge in [-0.25, -0.2) is 8.78 Å². The molecule has 0 spiro atoms. The van der Waals surface area contributed by atoms with Crippen LogP contribution >= 0.6 is 0 Å². The van der Waals surface area contributed by atoms with Gasteiger partial charge in [0.15, 0.2) is 5.78 Å². The van der Waals surface area contributed by atoms with Crippen LogP contribution in [0.3, 0.4) is 0 Å². The van der Waals surface area contributed by atoms with Crippen LogP contribution in [-0.2, 0) is 19.6 Å². The van der Waals surface area contributed by atoms with Gasteiger partial charge < -0.3 is 5.11 Å². The third-order valence-electron chi connectivity index (χ3n) is 6.68. The van der Waals surface area contributed by atoms with Crippen LogP contribution in [0.15, 0.2) is 48.5 Å². The van der Waals surface area contributed by atoms with Crippen molar-refractivity contribution in [1.29, 1.82) is 0 Å². The maximum absolute atomic E-state index is 13.1. The molecular formula is C26H33F2N3O2. The van der Waals surface area contributed by atoms with Crippen molar-refractivity contribution >= 4 is 5.78 Å². The number of Topliss-reactive ketones (excluding diaryl/α,β-unsaturated/α-hetero) is 1. The SMILES string of the molecule is C[C@@H]1CN(Cc2ccc(C(=O)CO)cc2)C[C@H](C)N1Cc1cccc(CN2CC(F)(F)C2)c1. The van der Waals surface area contributed by atoms with Crippen LogP contribution in [0.1, 0.15) is 40.9 Å². The van der Waals surface area contributed by atoms with E-state index in [4.69, 9.17) is 5.11 Å². The molecule has 0 bridgehead atoms. The zero-order valence-electron chi connectivity index (χ0n) is 19.4. The number of carbonyl (C=O) groups excluding carboxylic acids is 1. The summed E-state index contributed by atoms with van der Waals surface area (Å²) in [6, 6.07) is 16.6. The summed E-state index contributed by atoms with van der Waals surface area (Å²) in [4.78, 5) is 18.3. The summed E-state index contributed by atoms with van der Waals surface area (Å²) in [5.74, 6) is -2.79. The highest BCUT2D eigenvalue weighted by Gasteiger charge is 2.43. The number of aliphatic hydroxyl groups is 1. The first-order valence-electron chi connectivity index (χ1n) is 11.6. The molecule has 33 heavy (non-hydrogen) atoms. The third-order valence-corrected chi connectivity index (χ3v) is 6.68. The van der Waals surface area contributed by atoms with Crippen LogP contribution in [0.25, 0.3) is 0 Å². The number of halogens is 2. The molecule has 2 aromatic carbocycles. The molecule has 0 radical (unpaired) electrons. The van der Waals surface area contributed by atoms with E-state index in [0.717, 1.165) is 37.3 Å². The monoisotopic (exact) mass is 457 g/mol. The van der Waals surface area contributed by atoms with Gasteiger partial charge in [-0.1, -0.05) is 48.5 Å². The maximum atomic E-state index is 13.1. The van der Waals surface area contributed by atoms with Gasteiger partial charge in [0.2, 0.25) is 0 Å². The molecule has 0 aromatic heterocycles. The van der Waals surface area contributed by atoms with Gasteiger partial charge in [0, 0.05) is 50.4 Å². The van der Waals surface area contributed by atoms with Gasteiger partial charge in [-0.15, -0.1) is 0 Å². The number of aliphatic hydroxyl groups excluding tert-OH is 1. The number of hydrogen-bond donors (Lipinski definition) is 1. The second-order valence-electron chi connectivity index (χ2n) is 9.66. The van der Waals surface area contributed by atoms with E-state index in [1.807, 2.05) is 24.3 Å². The van der Waals surface area contributed by atoms with Gasteiger partial charge >= 0.3 is 0 Å². The minimum absolute atomic E-state index is 0.145. The fourth-order valence-corrected chi connectivity index (χ4v) is 5.07. The van der Waals surface area contributed by atoms with Crippen molar-refractivity contribution < 1.29 is 18.7 Å². The van der Waals surface area contributed by atoms with Gasteiger partial charge in [-0.05, 0) is 30.5 Å². The Balaban J connectivity index is 1.32. The summed E-state index contributed by atoms with van der Waals surface area (Å²) >= 11 is 0. The molecule has 0 aliphatic carbocycles. The first kappa shape index (κ1) is 24.0. The summed E-state index contributed by atoms with van der Waals surface area (Å²) in [6.07, 6.45) is 0. The number of nitrogens with zero attached hydrogens (tertiary/aromatic N) is 3. The summed E-state index contributed by atoms with van der Waals surface area (Å²) in [7, 11) is 0. The Morgan fingerprint density at radius 3 is 2.06 bits per heavy atom. The van der Waals surface area contributed by atoms with Gasteiger partial charge in [0.05, 0.1) is 13.1 Å². The molecule has 5 nitrogen and oxygen atoms in total. The van der Waals surface area contributed by atoms with Crippen LogP contribution in [0.2, 0.25) is 0 Å². The fraction of sp³-hybridized carbons (Fsp3) is 0.500. The van der Waals surface area contributed by atoms with Crippen molar-refractivity contribution in [2.45, 2.75) is 51.5 Å². The molecule has 2 heterocycles. The van der Waals surface area contributed by atoms with E-state index < -0.39 is 12.5 Å². The van der Waals surface area contributed by atoms with Gasteiger partial charge in [-0.2, -0.15) is 0 Å². The number of ketones is 1. The van der Waals surface area contributed by atoms with E-state index >= 15 is 0 Å². The quantitative estimate of drug-likeness (QED) is 0.616. The Morgan fingerprint density at radius 2 is 1.48 bits per heavy atom. The zero-order valence-corrected chi connectivity index (χ0v) is 19.4. The largest absolute Gasteiger partial charge is 0.388 e. The summed E-state index contributed by atoms with van der Waals surface area (Å²) in [6.45, 7) is 7.88. The molecule has 0 saturated carbocycles. The van der Waals surface area contributed by atoms with Gasteiger partial charge in [-0.3, -0.25) is 19.5 Å². The van der Waals surface area contributed by atoms with Crippen LogP contribution in [0.5, 0.6) is 0 Å². The van der Waals surface area contributed by atoms with Crippen LogP contribution in [0.4, 0.5) is 8.78 Å². The number of benzene rings is 2. The van der Waals surface area contributed by atoms with Crippen LogP contribution in [-0.4, -0.2) is 76.4 Å². The first-order valence-corrected chi connectivity index (χ1v) is 11.6. The number of piperazine rings is 1. The molecule has 0 unspecified atom stereocenters. The maximum Gasteiger partial charge on any atom is 0.272 e. The molecule has 4 rings (SSSR count). The van der Waals surface area contributed by atoms with Crippen LogP contribution < -0.4 is 0 Å². The predicted octanol–water partition coefficient (Wildman–Crippen LogP) is 3.41. The van der Waals surface area contributed by atoms with Crippen LogP contribution in [0, 0.1) is 0 Å². The number of alkyl halides is 2. The van der Waals surface area contributed by atoms with Crippen molar-refractivity contribution in [3.63, 3.8) is 0 Å². The lowest BCUT2D eigenvalue weighted by atomic mass is 10.0. The molecule has 178 valence electrons. The third kappa shape index (κ3) is 6.03. The average molecular weight is 458 g/mol. The van der Waals surface area contributed by atoms with Crippen molar-refractivity contribution in [3.05, 3.63) is 70.8 Å². The van der Waals surface area contributed by atoms with Gasteiger partial charge in [0.1, 0.15) is 6.61 Å². The van der Waals surface area contributed by atoms with E-state index in [-0.39, 0.29) is 18.9 Å². The molecule has 2 saturated heterocycles. The van der Waals surface area contributed by atoms with Crippen molar-refractivity contribution in [2.75, 3.05) is 32.8 Å². The predicted molar refractivity (Wildman–Crippen MR) is 124 cm³/mol. The summed E-state index contributed by atoms with van der Waals surface area (Å²) in [5.41, 5.74) is 4.00. The van der Waals surface area contributed by atoms with Crippen molar-refractivity contribution in [1.82, 2.24) is 14.7 Å². The molecule has 2 atom stereocenters. The Labute approximate surface area is 194 Å². The Kier molecular flexibility index (Phi) is 7.24. The Hall–Kier alpha value is -2.19. The molecule has 1 N–H and O–H groups in total. The van der Waals surface area contributed by atoms with Crippen molar-refractivity contribution in [2.24, 2.45) is 0 Å². The normalized spacial score (nSPS) is 23.9. The minimum Gasteiger partial charge on any atom is -0.388 e. The number of likely N-dealkylation sites (tertiary alicyclic amines) is 1. The Bertz CT molecular complexity index is 946.